The van der Waals surface area contributed by atoms with Gasteiger partial charge in [-0.25, -0.2) is 0 Å². The van der Waals surface area contributed by atoms with E-state index >= 15 is 0 Å². The van der Waals surface area contributed by atoms with Crippen LogP contribution in [-0.2, 0) is 9.47 Å². The Labute approximate surface area is 105 Å². The Morgan fingerprint density at radius 2 is 1.76 bits per heavy atom. The van der Waals surface area contributed by atoms with E-state index in [-0.39, 0.29) is 5.41 Å². The minimum Gasteiger partial charge on any atom is -0.385 e. The minimum absolute atomic E-state index is 0.0994. The molecule has 1 aliphatic carbocycles. The van der Waals surface area contributed by atoms with Crippen LogP contribution in [0.5, 0.6) is 0 Å². The number of hydrogen-bond donors (Lipinski definition) is 0. The molecule has 1 saturated carbocycles. The van der Waals surface area contributed by atoms with Crippen molar-refractivity contribution in [3.05, 3.63) is 0 Å². The second-order valence-corrected chi connectivity index (χ2v) is 5.02. The van der Waals surface area contributed by atoms with Gasteiger partial charge in [-0.05, 0) is 25.7 Å². The molecular formula is C14H25NO2. The monoisotopic (exact) mass is 239 g/mol. The highest BCUT2D eigenvalue weighted by molar-refractivity contribution is 4.99. The SMILES string of the molecule is COCCCOCCC1(C#N)CCCCCC1. The number of nitriles is 1. The maximum atomic E-state index is 9.38. The molecule has 0 aliphatic heterocycles. The van der Waals surface area contributed by atoms with Gasteiger partial charge < -0.3 is 9.47 Å². The summed E-state index contributed by atoms with van der Waals surface area (Å²) in [6.07, 6.45) is 8.95. The van der Waals surface area contributed by atoms with Crippen molar-refractivity contribution in [1.29, 1.82) is 5.26 Å². The Morgan fingerprint density at radius 1 is 1.06 bits per heavy atom. The molecule has 0 radical (unpaired) electrons. The van der Waals surface area contributed by atoms with Crippen LogP contribution in [-0.4, -0.2) is 26.9 Å². The summed E-state index contributed by atoms with van der Waals surface area (Å²) in [5, 5.41) is 9.38. The molecule has 17 heavy (non-hydrogen) atoms. The molecule has 0 amide bonds. The van der Waals surface area contributed by atoms with Crippen LogP contribution in [0.2, 0.25) is 0 Å². The average molecular weight is 239 g/mol. The normalized spacial score (nSPS) is 19.5. The quantitative estimate of drug-likeness (QED) is 0.505. The Balaban J connectivity index is 2.19. The molecule has 0 N–H and O–H groups in total. The molecular weight excluding hydrogens is 214 g/mol. The van der Waals surface area contributed by atoms with E-state index in [4.69, 9.17) is 9.47 Å². The first-order valence-corrected chi connectivity index (χ1v) is 6.81. The average Bonchev–Trinajstić information content (AvgIpc) is 2.60. The van der Waals surface area contributed by atoms with Crippen LogP contribution >= 0.6 is 0 Å². The van der Waals surface area contributed by atoms with Crippen molar-refractivity contribution in [1.82, 2.24) is 0 Å². The smallest absolute Gasteiger partial charge is 0.0690 e. The largest absolute Gasteiger partial charge is 0.385 e. The van der Waals surface area contributed by atoms with E-state index in [9.17, 15) is 5.26 Å². The van der Waals surface area contributed by atoms with E-state index in [2.05, 4.69) is 6.07 Å². The van der Waals surface area contributed by atoms with Crippen molar-refractivity contribution >= 4 is 0 Å². The lowest BCUT2D eigenvalue weighted by Crippen LogP contribution is -2.20. The minimum atomic E-state index is -0.0994. The van der Waals surface area contributed by atoms with Gasteiger partial charge in [-0.15, -0.1) is 0 Å². The van der Waals surface area contributed by atoms with Gasteiger partial charge in [0.2, 0.25) is 0 Å². The van der Waals surface area contributed by atoms with E-state index in [1.165, 1.54) is 25.7 Å². The molecule has 0 saturated heterocycles. The molecule has 1 fully saturated rings. The molecule has 0 atom stereocenters. The Bertz CT molecular complexity index is 227. The molecule has 1 rings (SSSR count). The van der Waals surface area contributed by atoms with Crippen molar-refractivity contribution in [3.63, 3.8) is 0 Å². The predicted octanol–water partition coefficient (Wildman–Crippen LogP) is 3.29. The molecule has 98 valence electrons. The third-order valence-electron chi connectivity index (χ3n) is 3.66. The standard InChI is InChI=1S/C14H25NO2/c1-16-10-6-11-17-12-9-14(13-15)7-4-2-3-5-8-14/h2-12H2,1H3. The summed E-state index contributed by atoms with van der Waals surface area (Å²) in [4.78, 5) is 0. The summed E-state index contributed by atoms with van der Waals surface area (Å²) in [6, 6.07) is 2.55. The topological polar surface area (TPSA) is 42.2 Å². The van der Waals surface area contributed by atoms with Crippen LogP contribution in [0.1, 0.15) is 51.4 Å². The number of methoxy groups -OCH3 is 1. The molecule has 0 aromatic heterocycles. The summed E-state index contributed by atoms with van der Waals surface area (Å²) >= 11 is 0. The molecule has 3 heteroatoms. The van der Waals surface area contributed by atoms with Crippen LogP contribution in [0, 0.1) is 16.7 Å². The molecule has 1 aliphatic rings. The van der Waals surface area contributed by atoms with Crippen molar-refractivity contribution < 1.29 is 9.47 Å². The Hall–Kier alpha value is -0.590. The number of ether oxygens (including phenoxy) is 2. The lowest BCUT2D eigenvalue weighted by atomic mass is 9.79. The molecule has 0 spiro atoms. The molecule has 0 aromatic carbocycles. The number of rotatable bonds is 7. The molecule has 0 bridgehead atoms. The van der Waals surface area contributed by atoms with E-state index in [0.717, 1.165) is 45.5 Å². The van der Waals surface area contributed by atoms with Gasteiger partial charge in [0, 0.05) is 26.9 Å². The van der Waals surface area contributed by atoms with Gasteiger partial charge in [-0.3, -0.25) is 0 Å². The van der Waals surface area contributed by atoms with Gasteiger partial charge in [0.25, 0.3) is 0 Å². The third kappa shape index (κ3) is 5.52. The third-order valence-corrected chi connectivity index (χ3v) is 3.66. The highest BCUT2D eigenvalue weighted by Gasteiger charge is 2.30. The van der Waals surface area contributed by atoms with Crippen LogP contribution in [0.3, 0.4) is 0 Å². The molecule has 0 aromatic rings. The van der Waals surface area contributed by atoms with Gasteiger partial charge >= 0.3 is 0 Å². The molecule has 0 unspecified atom stereocenters. The van der Waals surface area contributed by atoms with Gasteiger partial charge in [0.05, 0.1) is 11.5 Å². The maximum Gasteiger partial charge on any atom is 0.0690 e. The lowest BCUT2D eigenvalue weighted by molar-refractivity contribution is 0.0833. The van der Waals surface area contributed by atoms with Crippen molar-refractivity contribution in [2.24, 2.45) is 5.41 Å². The number of nitrogens with zero attached hydrogens (tertiary/aromatic N) is 1. The Morgan fingerprint density at radius 3 is 2.35 bits per heavy atom. The zero-order valence-electron chi connectivity index (χ0n) is 11.0. The van der Waals surface area contributed by atoms with E-state index < -0.39 is 0 Å². The lowest BCUT2D eigenvalue weighted by Gasteiger charge is -2.24. The van der Waals surface area contributed by atoms with Crippen molar-refractivity contribution in [3.8, 4) is 6.07 Å². The fourth-order valence-electron chi connectivity index (χ4n) is 2.50. The zero-order valence-corrected chi connectivity index (χ0v) is 11.0. The van der Waals surface area contributed by atoms with Gasteiger partial charge in [-0.1, -0.05) is 25.7 Å². The van der Waals surface area contributed by atoms with Gasteiger partial charge in [-0.2, -0.15) is 5.26 Å². The van der Waals surface area contributed by atoms with Gasteiger partial charge in [0.15, 0.2) is 0 Å². The first-order valence-electron chi connectivity index (χ1n) is 6.81. The van der Waals surface area contributed by atoms with Gasteiger partial charge in [0.1, 0.15) is 0 Å². The molecule has 3 nitrogen and oxygen atoms in total. The predicted molar refractivity (Wildman–Crippen MR) is 67.7 cm³/mol. The summed E-state index contributed by atoms with van der Waals surface area (Å²) < 4.78 is 10.5. The fourth-order valence-corrected chi connectivity index (χ4v) is 2.50. The molecule has 0 heterocycles. The second-order valence-electron chi connectivity index (χ2n) is 5.02. The van der Waals surface area contributed by atoms with Crippen molar-refractivity contribution in [2.75, 3.05) is 26.9 Å². The van der Waals surface area contributed by atoms with Crippen LogP contribution in [0.15, 0.2) is 0 Å². The summed E-state index contributed by atoms with van der Waals surface area (Å²) in [6.45, 7) is 2.22. The summed E-state index contributed by atoms with van der Waals surface area (Å²) in [7, 11) is 1.70. The summed E-state index contributed by atoms with van der Waals surface area (Å²) in [5.41, 5.74) is -0.0994. The van der Waals surface area contributed by atoms with Crippen molar-refractivity contribution in [2.45, 2.75) is 51.4 Å². The fraction of sp³-hybridized carbons (Fsp3) is 0.929. The van der Waals surface area contributed by atoms with Crippen LogP contribution in [0.4, 0.5) is 0 Å². The zero-order chi connectivity index (χ0) is 12.4. The summed E-state index contributed by atoms with van der Waals surface area (Å²) in [5.74, 6) is 0. The highest BCUT2D eigenvalue weighted by atomic mass is 16.5. The van der Waals surface area contributed by atoms with E-state index in [1.807, 2.05) is 0 Å². The van der Waals surface area contributed by atoms with Crippen LogP contribution in [0.25, 0.3) is 0 Å². The maximum absolute atomic E-state index is 9.38. The highest BCUT2D eigenvalue weighted by Crippen LogP contribution is 2.37. The first kappa shape index (κ1) is 14.5. The first-order chi connectivity index (χ1) is 8.33. The van der Waals surface area contributed by atoms with E-state index in [0.29, 0.717) is 0 Å². The van der Waals surface area contributed by atoms with E-state index in [1.54, 1.807) is 7.11 Å². The van der Waals surface area contributed by atoms with Crippen LogP contribution < -0.4 is 0 Å². The second kappa shape index (κ2) is 8.49. The Kier molecular flexibility index (Phi) is 7.23. The number of hydrogen-bond acceptors (Lipinski definition) is 3.